The normalized spacial score (nSPS) is 48.3. The summed E-state index contributed by atoms with van der Waals surface area (Å²) < 4.78 is 0. The Morgan fingerprint density at radius 3 is 2.39 bits per heavy atom. The van der Waals surface area contributed by atoms with Gasteiger partial charge in [-0.15, -0.1) is 0 Å². The second kappa shape index (κ2) is 8.15. The van der Waals surface area contributed by atoms with Crippen molar-refractivity contribution in [2.45, 2.75) is 92.1 Å². The summed E-state index contributed by atoms with van der Waals surface area (Å²) >= 11 is 2.10. The Morgan fingerprint density at radius 2 is 1.71 bits per heavy atom. The average molecular weight is 449 g/mol. The van der Waals surface area contributed by atoms with Crippen molar-refractivity contribution < 1.29 is 14.7 Å². The predicted molar refractivity (Wildman–Crippen MR) is 128 cm³/mol. The molecule has 4 rings (SSSR count). The quantitative estimate of drug-likeness (QED) is 0.542. The lowest BCUT2D eigenvalue weighted by Crippen LogP contribution is -2.66. The molecule has 4 aliphatic rings. The molecule has 4 fully saturated rings. The number of fused-ring (bicyclic) bond motifs is 5. The zero-order valence-electron chi connectivity index (χ0n) is 20.6. The van der Waals surface area contributed by atoms with Gasteiger partial charge in [0, 0.05) is 12.3 Å². The number of hydrogen-bond acceptors (Lipinski definition) is 4. The second-order valence-corrected chi connectivity index (χ2v) is 13.6. The SMILES string of the molecule is CC(C)CSC[C@@H](C)[C@H]1CC[C@@H]2[C@]1(C)CC[C@@H]1[C@]3(C)C(CC[C@]12O)CC(=O)C(=O)C3C. The summed E-state index contributed by atoms with van der Waals surface area (Å²) in [5, 5.41) is 12.3. The zero-order valence-corrected chi connectivity index (χ0v) is 21.4. The maximum absolute atomic E-state index is 12.7. The summed E-state index contributed by atoms with van der Waals surface area (Å²) in [6.07, 6.45) is 6.62. The van der Waals surface area contributed by atoms with Gasteiger partial charge in [0.15, 0.2) is 5.78 Å². The molecule has 0 amide bonds. The second-order valence-electron chi connectivity index (χ2n) is 12.5. The average Bonchev–Trinajstić information content (AvgIpc) is 3.06. The number of carbonyl (C=O) groups is 2. The largest absolute Gasteiger partial charge is 0.389 e. The fourth-order valence-corrected chi connectivity index (χ4v) is 10.2. The van der Waals surface area contributed by atoms with Crippen LogP contribution < -0.4 is 0 Å². The first-order valence-electron chi connectivity index (χ1n) is 12.8. The van der Waals surface area contributed by atoms with Crippen LogP contribution >= 0.6 is 11.8 Å². The molecule has 4 saturated carbocycles. The highest BCUT2D eigenvalue weighted by atomic mass is 32.2. The Balaban J connectivity index is 1.58. The van der Waals surface area contributed by atoms with Crippen LogP contribution in [0.15, 0.2) is 0 Å². The molecule has 1 N–H and O–H groups in total. The van der Waals surface area contributed by atoms with Crippen molar-refractivity contribution in [1.82, 2.24) is 0 Å². The molecule has 4 aliphatic carbocycles. The zero-order chi connectivity index (χ0) is 22.8. The first-order chi connectivity index (χ1) is 14.5. The van der Waals surface area contributed by atoms with Crippen LogP contribution in [0.4, 0.5) is 0 Å². The molecule has 0 spiro atoms. The van der Waals surface area contributed by atoms with E-state index in [1.54, 1.807) is 0 Å². The number of ketones is 2. The third-order valence-electron chi connectivity index (χ3n) is 10.7. The van der Waals surface area contributed by atoms with E-state index in [4.69, 9.17) is 0 Å². The standard InChI is InChI=1S/C27H44O3S/c1-16(2)14-31-15-17(3)20-7-8-22-25(20,5)11-10-23-26(6)18(4)24(29)21(28)13-19(26)9-12-27(22,23)30/h16-20,22-23,30H,7-15H2,1-6H3/t17-,18?,19?,20-,22-,23-,25-,26+,27-/m1/s1. The van der Waals surface area contributed by atoms with Gasteiger partial charge in [-0.2, -0.15) is 11.8 Å². The van der Waals surface area contributed by atoms with Gasteiger partial charge in [0.2, 0.25) is 5.78 Å². The summed E-state index contributed by atoms with van der Waals surface area (Å²) in [5.74, 6) is 4.67. The van der Waals surface area contributed by atoms with E-state index in [0.29, 0.717) is 24.2 Å². The molecule has 0 bridgehead atoms. The summed E-state index contributed by atoms with van der Waals surface area (Å²) in [4.78, 5) is 25.0. The summed E-state index contributed by atoms with van der Waals surface area (Å²) in [6.45, 7) is 13.7. The number of carbonyl (C=O) groups excluding carboxylic acids is 2. The van der Waals surface area contributed by atoms with Gasteiger partial charge in [0.1, 0.15) is 0 Å². The lowest BCUT2D eigenvalue weighted by molar-refractivity contribution is -0.229. The Kier molecular flexibility index (Phi) is 6.26. The van der Waals surface area contributed by atoms with Crippen LogP contribution in [0.5, 0.6) is 0 Å². The molecule has 0 heterocycles. The Morgan fingerprint density at radius 1 is 1.00 bits per heavy atom. The first-order valence-corrected chi connectivity index (χ1v) is 14.0. The summed E-state index contributed by atoms with van der Waals surface area (Å²) in [6, 6.07) is 0. The van der Waals surface area contributed by atoms with E-state index in [2.05, 4.69) is 46.4 Å². The van der Waals surface area contributed by atoms with Crippen LogP contribution in [-0.2, 0) is 9.59 Å². The minimum atomic E-state index is -0.674. The molecule has 31 heavy (non-hydrogen) atoms. The van der Waals surface area contributed by atoms with Crippen LogP contribution in [0.3, 0.4) is 0 Å². The molecule has 0 aliphatic heterocycles. The Bertz CT molecular complexity index is 734. The van der Waals surface area contributed by atoms with Gasteiger partial charge < -0.3 is 5.11 Å². The molecule has 9 atom stereocenters. The van der Waals surface area contributed by atoms with Gasteiger partial charge in [0.05, 0.1) is 5.60 Å². The molecule has 4 heteroatoms. The molecule has 2 unspecified atom stereocenters. The third-order valence-corrected chi connectivity index (χ3v) is 12.3. The van der Waals surface area contributed by atoms with Crippen molar-refractivity contribution in [1.29, 1.82) is 0 Å². The van der Waals surface area contributed by atoms with E-state index in [0.717, 1.165) is 38.0 Å². The number of aliphatic hydroxyl groups is 1. The molecule has 0 aromatic carbocycles. The van der Waals surface area contributed by atoms with E-state index < -0.39 is 5.60 Å². The van der Waals surface area contributed by atoms with Gasteiger partial charge in [-0.25, -0.2) is 0 Å². The van der Waals surface area contributed by atoms with Crippen molar-refractivity contribution in [3.05, 3.63) is 0 Å². The van der Waals surface area contributed by atoms with Crippen LogP contribution in [0.1, 0.15) is 86.5 Å². The summed E-state index contributed by atoms with van der Waals surface area (Å²) in [5.41, 5.74) is -0.715. The summed E-state index contributed by atoms with van der Waals surface area (Å²) in [7, 11) is 0. The highest BCUT2D eigenvalue weighted by Crippen LogP contribution is 2.70. The van der Waals surface area contributed by atoms with Crippen molar-refractivity contribution in [2.75, 3.05) is 11.5 Å². The lowest BCUT2D eigenvalue weighted by atomic mass is 9.40. The highest BCUT2D eigenvalue weighted by Gasteiger charge is 2.68. The maximum Gasteiger partial charge on any atom is 0.201 e. The number of Topliss-reactive ketones (excluding diaryl/α,β-unsaturated/α-hetero) is 2. The molecular weight excluding hydrogens is 404 g/mol. The molecule has 0 saturated heterocycles. The van der Waals surface area contributed by atoms with E-state index in [1.165, 1.54) is 17.9 Å². The maximum atomic E-state index is 12.7. The van der Waals surface area contributed by atoms with E-state index >= 15 is 0 Å². The lowest BCUT2D eigenvalue weighted by Gasteiger charge is -2.65. The monoisotopic (exact) mass is 448 g/mol. The number of thioether (sulfide) groups is 1. The van der Waals surface area contributed by atoms with E-state index in [9.17, 15) is 14.7 Å². The van der Waals surface area contributed by atoms with Gasteiger partial charge in [-0.05, 0) is 96.4 Å². The van der Waals surface area contributed by atoms with Gasteiger partial charge in [-0.3, -0.25) is 9.59 Å². The molecule has 0 aromatic rings. The van der Waals surface area contributed by atoms with Crippen LogP contribution in [0, 0.1) is 52.3 Å². The number of rotatable bonds is 5. The predicted octanol–water partition coefficient (Wildman–Crippen LogP) is 5.78. The van der Waals surface area contributed by atoms with E-state index in [-0.39, 0.29) is 40.2 Å². The molecule has 0 aromatic heterocycles. The molecule has 176 valence electrons. The van der Waals surface area contributed by atoms with Crippen molar-refractivity contribution >= 4 is 23.3 Å². The third kappa shape index (κ3) is 3.49. The molecule has 3 nitrogen and oxygen atoms in total. The highest BCUT2D eigenvalue weighted by molar-refractivity contribution is 7.99. The smallest absolute Gasteiger partial charge is 0.201 e. The minimum Gasteiger partial charge on any atom is -0.389 e. The molecular formula is C27H44O3S. The minimum absolute atomic E-state index is 0.147. The van der Waals surface area contributed by atoms with Crippen LogP contribution in [0.2, 0.25) is 0 Å². The van der Waals surface area contributed by atoms with Crippen LogP contribution in [-0.4, -0.2) is 33.8 Å². The van der Waals surface area contributed by atoms with Gasteiger partial charge in [-0.1, -0.05) is 41.5 Å². The van der Waals surface area contributed by atoms with Crippen LogP contribution in [0.25, 0.3) is 0 Å². The molecule has 0 radical (unpaired) electrons. The van der Waals surface area contributed by atoms with Crippen molar-refractivity contribution in [2.24, 2.45) is 52.3 Å². The fourth-order valence-electron chi connectivity index (χ4n) is 8.96. The van der Waals surface area contributed by atoms with Crippen molar-refractivity contribution in [3.8, 4) is 0 Å². The van der Waals surface area contributed by atoms with Crippen molar-refractivity contribution in [3.63, 3.8) is 0 Å². The Labute approximate surface area is 193 Å². The topological polar surface area (TPSA) is 54.4 Å². The first kappa shape index (κ1) is 23.8. The fraction of sp³-hybridized carbons (Fsp3) is 0.926. The Hall–Kier alpha value is -0.350. The number of hydrogen-bond donors (Lipinski definition) is 1. The van der Waals surface area contributed by atoms with Gasteiger partial charge >= 0.3 is 0 Å². The van der Waals surface area contributed by atoms with E-state index in [1.807, 2.05) is 6.92 Å². The van der Waals surface area contributed by atoms with Gasteiger partial charge in [0.25, 0.3) is 0 Å².